The van der Waals surface area contributed by atoms with Gasteiger partial charge in [0.15, 0.2) is 0 Å². The number of nitrogens with one attached hydrogen (secondary N) is 1. The Morgan fingerprint density at radius 1 is 1.00 bits per heavy atom. The SMILES string of the molecule is CN(C)C(=O)c1ccc(NC(=O)c2cc(-c3cccs3)nc3ccccc23)cc1Cl. The highest BCUT2D eigenvalue weighted by molar-refractivity contribution is 7.13. The van der Waals surface area contributed by atoms with Crippen molar-refractivity contribution in [1.82, 2.24) is 9.88 Å². The summed E-state index contributed by atoms with van der Waals surface area (Å²) in [5, 5.41) is 5.91. The van der Waals surface area contributed by atoms with Gasteiger partial charge in [0.05, 0.1) is 32.2 Å². The Morgan fingerprint density at radius 2 is 1.80 bits per heavy atom. The predicted molar refractivity (Wildman–Crippen MR) is 122 cm³/mol. The molecule has 0 atom stereocenters. The minimum atomic E-state index is -0.269. The zero-order valence-corrected chi connectivity index (χ0v) is 17.9. The standard InChI is InChI=1S/C23H18ClN3O2S/c1-27(2)23(29)16-10-9-14(12-18(16)24)25-22(28)17-13-20(21-8-5-11-30-21)26-19-7-4-3-6-15(17)19/h3-13H,1-2H3,(H,25,28). The van der Waals surface area contributed by atoms with E-state index in [-0.39, 0.29) is 16.8 Å². The fourth-order valence-corrected chi connectivity index (χ4v) is 4.07. The van der Waals surface area contributed by atoms with E-state index in [9.17, 15) is 9.59 Å². The minimum Gasteiger partial charge on any atom is -0.345 e. The molecule has 150 valence electrons. The summed E-state index contributed by atoms with van der Waals surface area (Å²) in [5.41, 5.74) is 2.92. The van der Waals surface area contributed by atoms with Gasteiger partial charge in [0.25, 0.3) is 11.8 Å². The molecule has 30 heavy (non-hydrogen) atoms. The average Bonchev–Trinajstić information content (AvgIpc) is 3.27. The molecular formula is C23H18ClN3O2S. The topological polar surface area (TPSA) is 62.3 Å². The van der Waals surface area contributed by atoms with Crippen LogP contribution in [0.15, 0.2) is 66.0 Å². The minimum absolute atomic E-state index is 0.196. The van der Waals surface area contributed by atoms with E-state index >= 15 is 0 Å². The van der Waals surface area contributed by atoms with Crippen molar-refractivity contribution in [3.05, 3.63) is 82.2 Å². The van der Waals surface area contributed by atoms with Crippen LogP contribution in [0.3, 0.4) is 0 Å². The lowest BCUT2D eigenvalue weighted by Gasteiger charge is -2.13. The Morgan fingerprint density at radius 3 is 2.50 bits per heavy atom. The van der Waals surface area contributed by atoms with Crippen molar-refractivity contribution in [1.29, 1.82) is 0 Å². The molecule has 0 radical (unpaired) electrons. The van der Waals surface area contributed by atoms with Crippen LogP contribution in [0.2, 0.25) is 5.02 Å². The summed E-state index contributed by atoms with van der Waals surface area (Å²) in [5.74, 6) is -0.465. The summed E-state index contributed by atoms with van der Waals surface area (Å²) in [7, 11) is 3.32. The lowest BCUT2D eigenvalue weighted by atomic mass is 10.1. The summed E-state index contributed by atoms with van der Waals surface area (Å²) >= 11 is 7.85. The smallest absolute Gasteiger partial charge is 0.256 e. The van der Waals surface area contributed by atoms with Crippen molar-refractivity contribution in [2.45, 2.75) is 0 Å². The number of hydrogen-bond donors (Lipinski definition) is 1. The zero-order chi connectivity index (χ0) is 21.3. The molecule has 2 amide bonds. The van der Waals surface area contributed by atoms with E-state index < -0.39 is 0 Å². The van der Waals surface area contributed by atoms with Gasteiger partial charge in [0.1, 0.15) is 0 Å². The summed E-state index contributed by atoms with van der Waals surface area (Å²) in [6, 6.07) is 18.1. The first-order chi connectivity index (χ1) is 14.4. The van der Waals surface area contributed by atoms with Crippen LogP contribution in [-0.4, -0.2) is 35.8 Å². The van der Waals surface area contributed by atoms with Crippen molar-refractivity contribution in [2.24, 2.45) is 0 Å². The Kier molecular flexibility index (Phi) is 5.53. The third-order valence-corrected chi connectivity index (χ3v) is 5.80. The van der Waals surface area contributed by atoms with Crippen LogP contribution in [0.4, 0.5) is 5.69 Å². The molecule has 4 rings (SSSR count). The van der Waals surface area contributed by atoms with Gasteiger partial charge < -0.3 is 10.2 Å². The van der Waals surface area contributed by atoms with Crippen LogP contribution in [-0.2, 0) is 0 Å². The van der Waals surface area contributed by atoms with Gasteiger partial charge in [-0.25, -0.2) is 4.98 Å². The summed E-state index contributed by atoms with van der Waals surface area (Å²) in [4.78, 5) is 32.4. The first kappa shape index (κ1) is 20.1. The predicted octanol–water partition coefficient (Wildman–Crippen LogP) is 5.57. The van der Waals surface area contributed by atoms with Crippen molar-refractivity contribution in [3.8, 4) is 10.6 Å². The van der Waals surface area contributed by atoms with E-state index in [4.69, 9.17) is 16.6 Å². The van der Waals surface area contributed by atoms with Gasteiger partial charge in [-0.05, 0) is 41.8 Å². The van der Waals surface area contributed by atoms with Crippen LogP contribution in [0, 0.1) is 0 Å². The zero-order valence-electron chi connectivity index (χ0n) is 16.3. The van der Waals surface area contributed by atoms with Gasteiger partial charge in [-0.15, -0.1) is 11.3 Å². The molecule has 7 heteroatoms. The van der Waals surface area contributed by atoms with E-state index in [1.54, 1.807) is 49.7 Å². The van der Waals surface area contributed by atoms with Gasteiger partial charge in [0, 0.05) is 25.2 Å². The van der Waals surface area contributed by atoms with Crippen LogP contribution < -0.4 is 5.32 Å². The van der Waals surface area contributed by atoms with E-state index in [1.807, 2.05) is 41.8 Å². The monoisotopic (exact) mass is 435 g/mol. The Balaban J connectivity index is 1.70. The molecule has 0 saturated carbocycles. The molecule has 2 aromatic carbocycles. The van der Waals surface area contributed by atoms with Gasteiger partial charge in [-0.2, -0.15) is 0 Å². The number of pyridine rings is 1. The van der Waals surface area contributed by atoms with Gasteiger partial charge in [-0.3, -0.25) is 9.59 Å². The maximum atomic E-state index is 13.1. The number of halogens is 1. The summed E-state index contributed by atoms with van der Waals surface area (Å²) in [6.45, 7) is 0. The number of rotatable bonds is 4. The molecule has 4 aromatic rings. The highest BCUT2D eigenvalue weighted by atomic mass is 35.5. The molecule has 0 fully saturated rings. The molecule has 0 aliphatic rings. The third kappa shape index (κ3) is 3.92. The molecule has 0 saturated heterocycles. The van der Waals surface area contributed by atoms with Crippen LogP contribution in [0.25, 0.3) is 21.5 Å². The largest absolute Gasteiger partial charge is 0.345 e. The Hall–Kier alpha value is -3.22. The second-order valence-corrected chi connectivity index (χ2v) is 8.25. The summed E-state index contributed by atoms with van der Waals surface area (Å²) < 4.78 is 0. The van der Waals surface area contributed by atoms with Crippen molar-refractivity contribution < 1.29 is 9.59 Å². The Labute approximate surface area is 182 Å². The van der Waals surface area contributed by atoms with E-state index in [0.29, 0.717) is 16.8 Å². The third-order valence-electron chi connectivity index (χ3n) is 4.60. The van der Waals surface area contributed by atoms with Crippen LogP contribution in [0.1, 0.15) is 20.7 Å². The molecule has 2 aromatic heterocycles. The van der Waals surface area contributed by atoms with Gasteiger partial charge >= 0.3 is 0 Å². The first-order valence-electron chi connectivity index (χ1n) is 9.20. The first-order valence-corrected chi connectivity index (χ1v) is 10.5. The van der Waals surface area contributed by atoms with E-state index in [0.717, 1.165) is 21.5 Å². The number of benzene rings is 2. The molecular weight excluding hydrogens is 418 g/mol. The normalized spacial score (nSPS) is 10.8. The number of thiophene rings is 1. The molecule has 0 aliphatic carbocycles. The highest BCUT2D eigenvalue weighted by Gasteiger charge is 2.17. The fourth-order valence-electron chi connectivity index (χ4n) is 3.12. The number of carbonyl (C=O) groups is 2. The molecule has 0 aliphatic heterocycles. The lowest BCUT2D eigenvalue weighted by Crippen LogP contribution is -2.22. The number of fused-ring (bicyclic) bond motifs is 1. The number of aromatic nitrogens is 1. The van der Waals surface area contributed by atoms with Crippen LogP contribution >= 0.6 is 22.9 Å². The average molecular weight is 436 g/mol. The lowest BCUT2D eigenvalue weighted by molar-refractivity contribution is 0.0827. The number of para-hydroxylation sites is 1. The number of amides is 2. The number of nitrogens with zero attached hydrogens (tertiary/aromatic N) is 2. The van der Waals surface area contributed by atoms with Crippen LogP contribution in [0.5, 0.6) is 0 Å². The molecule has 0 bridgehead atoms. The second-order valence-electron chi connectivity index (χ2n) is 6.90. The Bertz CT molecular complexity index is 1250. The molecule has 0 spiro atoms. The number of hydrogen-bond acceptors (Lipinski definition) is 4. The number of carbonyl (C=O) groups excluding carboxylic acids is 2. The van der Waals surface area contributed by atoms with Gasteiger partial charge in [-0.1, -0.05) is 35.9 Å². The van der Waals surface area contributed by atoms with E-state index in [1.165, 1.54) is 4.90 Å². The molecule has 1 N–H and O–H groups in total. The molecule has 2 heterocycles. The fraction of sp³-hybridized carbons (Fsp3) is 0.0870. The van der Waals surface area contributed by atoms with E-state index in [2.05, 4.69) is 5.32 Å². The molecule has 5 nitrogen and oxygen atoms in total. The van der Waals surface area contributed by atoms with Crippen molar-refractivity contribution in [3.63, 3.8) is 0 Å². The number of anilines is 1. The summed E-state index contributed by atoms with van der Waals surface area (Å²) in [6.07, 6.45) is 0. The second kappa shape index (κ2) is 8.26. The highest BCUT2D eigenvalue weighted by Crippen LogP contribution is 2.29. The van der Waals surface area contributed by atoms with Crippen molar-refractivity contribution >= 4 is 51.3 Å². The molecule has 0 unspecified atom stereocenters. The quantitative estimate of drug-likeness (QED) is 0.455. The maximum absolute atomic E-state index is 13.1. The van der Waals surface area contributed by atoms with Gasteiger partial charge in [0.2, 0.25) is 0 Å². The van der Waals surface area contributed by atoms with Crippen molar-refractivity contribution in [2.75, 3.05) is 19.4 Å². The maximum Gasteiger partial charge on any atom is 0.256 e.